The summed E-state index contributed by atoms with van der Waals surface area (Å²) < 4.78 is 6.98. The maximum absolute atomic E-state index is 12.3. The van der Waals surface area contributed by atoms with E-state index >= 15 is 0 Å². The first kappa shape index (κ1) is 17.0. The number of hydrogen-bond acceptors (Lipinski definition) is 3. The van der Waals surface area contributed by atoms with Crippen LogP contribution >= 0.6 is 0 Å². The van der Waals surface area contributed by atoms with Gasteiger partial charge in [-0.1, -0.05) is 54.6 Å². The Hall–Kier alpha value is -3.40. The molecule has 0 aliphatic carbocycles. The number of benzene rings is 3. The van der Waals surface area contributed by atoms with Gasteiger partial charge in [0.25, 0.3) is 0 Å². The Labute approximate surface area is 158 Å². The zero-order chi connectivity index (χ0) is 18.8. The summed E-state index contributed by atoms with van der Waals surface area (Å²) in [4.78, 5) is 12.3. The van der Waals surface area contributed by atoms with Crippen LogP contribution in [0.3, 0.4) is 0 Å². The van der Waals surface area contributed by atoms with E-state index in [0.717, 1.165) is 27.9 Å². The molecule has 0 spiro atoms. The number of aryl methyl sites for hydroxylation is 1. The molecule has 0 atom stereocenters. The molecule has 4 heteroatoms. The van der Waals surface area contributed by atoms with Crippen LogP contribution in [-0.4, -0.2) is 22.4 Å². The zero-order valence-corrected chi connectivity index (χ0v) is 15.3. The summed E-state index contributed by atoms with van der Waals surface area (Å²) in [5.74, 6) is -0.410. The van der Waals surface area contributed by atoms with Crippen molar-refractivity contribution in [3.8, 4) is 16.9 Å². The SMILES string of the molecule is CCOC(=O)c1cc(-c2ccc3ccccc3c2)n(-c2ccccc2C)n1. The Balaban J connectivity index is 1.91. The minimum atomic E-state index is -0.410. The molecular formula is C23H20N2O2. The minimum Gasteiger partial charge on any atom is -0.461 e. The van der Waals surface area contributed by atoms with Crippen molar-refractivity contribution in [1.82, 2.24) is 9.78 Å². The molecule has 0 bridgehead atoms. The highest BCUT2D eigenvalue weighted by Gasteiger charge is 2.18. The van der Waals surface area contributed by atoms with Crippen LogP contribution < -0.4 is 0 Å². The number of rotatable bonds is 4. The molecule has 4 aromatic rings. The maximum Gasteiger partial charge on any atom is 0.358 e. The lowest BCUT2D eigenvalue weighted by molar-refractivity contribution is 0.0519. The molecule has 0 saturated heterocycles. The van der Waals surface area contributed by atoms with Crippen LogP contribution in [-0.2, 0) is 4.74 Å². The lowest BCUT2D eigenvalue weighted by Crippen LogP contribution is -2.07. The third-order valence-electron chi connectivity index (χ3n) is 4.58. The van der Waals surface area contributed by atoms with Crippen molar-refractivity contribution >= 4 is 16.7 Å². The number of para-hydroxylation sites is 1. The second-order valence-electron chi connectivity index (χ2n) is 6.40. The molecule has 27 heavy (non-hydrogen) atoms. The Morgan fingerprint density at radius 1 is 0.963 bits per heavy atom. The molecule has 1 heterocycles. The number of esters is 1. The first-order chi connectivity index (χ1) is 13.2. The Bertz CT molecular complexity index is 1130. The van der Waals surface area contributed by atoms with Gasteiger partial charge in [-0.25, -0.2) is 9.48 Å². The fourth-order valence-electron chi connectivity index (χ4n) is 3.22. The third-order valence-corrected chi connectivity index (χ3v) is 4.58. The van der Waals surface area contributed by atoms with E-state index in [-0.39, 0.29) is 0 Å². The zero-order valence-electron chi connectivity index (χ0n) is 15.3. The number of carbonyl (C=O) groups excluding carboxylic acids is 1. The highest BCUT2D eigenvalue weighted by atomic mass is 16.5. The summed E-state index contributed by atoms with van der Waals surface area (Å²) in [5, 5.41) is 6.88. The van der Waals surface area contributed by atoms with Gasteiger partial charge in [0.15, 0.2) is 5.69 Å². The van der Waals surface area contributed by atoms with E-state index in [1.165, 1.54) is 5.39 Å². The van der Waals surface area contributed by atoms with E-state index in [2.05, 4.69) is 35.4 Å². The van der Waals surface area contributed by atoms with E-state index < -0.39 is 5.97 Å². The summed E-state index contributed by atoms with van der Waals surface area (Å²) in [6, 6.07) is 24.3. The van der Waals surface area contributed by atoms with Gasteiger partial charge in [0.1, 0.15) is 0 Å². The molecule has 134 valence electrons. The van der Waals surface area contributed by atoms with Gasteiger partial charge in [-0.05, 0) is 48.4 Å². The fourth-order valence-corrected chi connectivity index (χ4v) is 3.22. The second kappa shape index (κ2) is 7.08. The largest absolute Gasteiger partial charge is 0.461 e. The number of aromatic nitrogens is 2. The summed E-state index contributed by atoms with van der Waals surface area (Å²) in [6.07, 6.45) is 0. The standard InChI is InChI=1S/C23H20N2O2/c1-3-27-23(26)20-15-22(25(24-20)21-11-7-4-8-16(21)2)19-13-12-17-9-5-6-10-18(17)14-19/h4-15H,3H2,1-2H3. The molecule has 0 aliphatic heterocycles. The molecule has 1 aromatic heterocycles. The number of ether oxygens (including phenoxy) is 1. The van der Waals surface area contributed by atoms with Crippen LogP contribution in [0.4, 0.5) is 0 Å². The summed E-state index contributed by atoms with van der Waals surface area (Å²) in [7, 11) is 0. The summed E-state index contributed by atoms with van der Waals surface area (Å²) in [6.45, 7) is 4.15. The molecular weight excluding hydrogens is 336 g/mol. The van der Waals surface area contributed by atoms with Crippen molar-refractivity contribution in [2.24, 2.45) is 0 Å². The normalized spacial score (nSPS) is 10.9. The molecule has 0 N–H and O–H groups in total. The van der Waals surface area contributed by atoms with Crippen molar-refractivity contribution in [2.75, 3.05) is 6.61 Å². The van der Waals surface area contributed by atoms with E-state index in [9.17, 15) is 4.79 Å². The molecule has 0 aliphatic rings. The molecule has 3 aromatic carbocycles. The van der Waals surface area contributed by atoms with Crippen LogP contribution in [0.25, 0.3) is 27.7 Å². The summed E-state index contributed by atoms with van der Waals surface area (Å²) in [5.41, 5.74) is 4.19. The quantitative estimate of drug-likeness (QED) is 0.473. The van der Waals surface area contributed by atoms with E-state index in [1.807, 2.05) is 48.0 Å². The number of carbonyl (C=O) groups is 1. The van der Waals surface area contributed by atoms with Gasteiger partial charge in [0, 0.05) is 5.56 Å². The Kier molecular flexibility index (Phi) is 4.47. The summed E-state index contributed by atoms with van der Waals surface area (Å²) >= 11 is 0. The van der Waals surface area contributed by atoms with Crippen LogP contribution in [0.2, 0.25) is 0 Å². The maximum atomic E-state index is 12.3. The van der Waals surface area contributed by atoms with Crippen LogP contribution in [0.15, 0.2) is 72.8 Å². The molecule has 0 unspecified atom stereocenters. The molecule has 0 saturated carbocycles. The van der Waals surface area contributed by atoms with E-state index in [0.29, 0.717) is 12.3 Å². The molecule has 0 radical (unpaired) electrons. The highest BCUT2D eigenvalue weighted by molar-refractivity contribution is 5.91. The highest BCUT2D eigenvalue weighted by Crippen LogP contribution is 2.28. The fraction of sp³-hybridized carbons (Fsp3) is 0.130. The molecule has 4 rings (SSSR count). The monoisotopic (exact) mass is 356 g/mol. The number of hydrogen-bond donors (Lipinski definition) is 0. The van der Waals surface area contributed by atoms with Gasteiger partial charge in [-0.15, -0.1) is 0 Å². The topological polar surface area (TPSA) is 44.1 Å². The predicted molar refractivity (Wildman–Crippen MR) is 107 cm³/mol. The lowest BCUT2D eigenvalue weighted by atomic mass is 10.0. The van der Waals surface area contributed by atoms with Gasteiger partial charge >= 0.3 is 5.97 Å². The van der Waals surface area contributed by atoms with Crippen molar-refractivity contribution in [2.45, 2.75) is 13.8 Å². The van der Waals surface area contributed by atoms with Crippen molar-refractivity contribution in [3.05, 3.63) is 84.1 Å². The van der Waals surface area contributed by atoms with Crippen LogP contribution in [0.1, 0.15) is 23.0 Å². The Morgan fingerprint density at radius 3 is 2.48 bits per heavy atom. The molecule has 0 fully saturated rings. The average molecular weight is 356 g/mol. The molecule has 0 amide bonds. The number of nitrogens with zero attached hydrogens (tertiary/aromatic N) is 2. The van der Waals surface area contributed by atoms with Gasteiger partial charge in [-0.3, -0.25) is 0 Å². The average Bonchev–Trinajstić information content (AvgIpc) is 3.13. The Morgan fingerprint density at radius 2 is 1.70 bits per heavy atom. The van der Waals surface area contributed by atoms with E-state index in [1.54, 1.807) is 13.0 Å². The minimum absolute atomic E-state index is 0.309. The van der Waals surface area contributed by atoms with E-state index in [4.69, 9.17) is 4.74 Å². The molecule has 4 nitrogen and oxygen atoms in total. The first-order valence-corrected chi connectivity index (χ1v) is 8.99. The van der Waals surface area contributed by atoms with Gasteiger partial charge in [-0.2, -0.15) is 5.10 Å². The van der Waals surface area contributed by atoms with Crippen LogP contribution in [0, 0.1) is 6.92 Å². The van der Waals surface area contributed by atoms with Crippen molar-refractivity contribution < 1.29 is 9.53 Å². The van der Waals surface area contributed by atoms with Crippen LogP contribution in [0.5, 0.6) is 0 Å². The van der Waals surface area contributed by atoms with Gasteiger partial charge in [0.2, 0.25) is 0 Å². The second-order valence-corrected chi connectivity index (χ2v) is 6.40. The number of fused-ring (bicyclic) bond motifs is 1. The third kappa shape index (κ3) is 3.22. The van der Waals surface area contributed by atoms with Crippen molar-refractivity contribution in [1.29, 1.82) is 0 Å². The van der Waals surface area contributed by atoms with Crippen molar-refractivity contribution in [3.63, 3.8) is 0 Å². The lowest BCUT2D eigenvalue weighted by Gasteiger charge is -2.11. The predicted octanol–water partition coefficient (Wildman–Crippen LogP) is 5.18. The van der Waals surface area contributed by atoms with Gasteiger partial charge < -0.3 is 4.74 Å². The van der Waals surface area contributed by atoms with Gasteiger partial charge in [0.05, 0.1) is 18.0 Å². The smallest absolute Gasteiger partial charge is 0.358 e. The first-order valence-electron chi connectivity index (χ1n) is 8.99.